The number of carbonyl (C=O) groups excluding carboxylic acids is 3. The molecule has 2 aromatic rings. The van der Waals surface area contributed by atoms with E-state index in [0.717, 1.165) is 0 Å². The van der Waals surface area contributed by atoms with Gasteiger partial charge in [-0.25, -0.2) is 9.59 Å². The number of aliphatic carboxylic acids is 1. The van der Waals surface area contributed by atoms with Gasteiger partial charge < -0.3 is 24.7 Å². The molecular formula is C22H23ClNNaO6. The van der Waals surface area contributed by atoms with E-state index in [1.807, 2.05) is 6.92 Å². The Morgan fingerprint density at radius 2 is 1.65 bits per heavy atom. The zero-order valence-corrected chi connectivity index (χ0v) is 20.3. The number of ether oxygens (including phenoxy) is 2. The minimum Gasteiger partial charge on any atom is -0.549 e. The normalized spacial score (nSPS) is 12.1. The molecule has 2 aromatic carbocycles. The van der Waals surface area contributed by atoms with Gasteiger partial charge in [0.15, 0.2) is 0 Å². The summed E-state index contributed by atoms with van der Waals surface area (Å²) >= 11 is 5.82. The number of carbonyl (C=O) groups is 3. The number of esters is 1. The average Bonchev–Trinajstić information content (AvgIpc) is 2.72. The predicted molar refractivity (Wildman–Crippen MR) is 109 cm³/mol. The molecule has 0 heterocycles. The Kier molecular flexibility index (Phi) is 12.3. The van der Waals surface area contributed by atoms with Gasteiger partial charge in [-0.1, -0.05) is 48.9 Å². The van der Waals surface area contributed by atoms with Crippen LogP contribution in [0.15, 0.2) is 54.6 Å². The van der Waals surface area contributed by atoms with Crippen LogP contribution in [-0.2, 0) is 14.3 Å². The van der Waals surface area contributed by atoms with E-state index in [1.54, 1.807) is 54.6 Å². The summed E-state index contributed by atoms with van der Waals surface area (Å²) < 4.78 is 10.4. The van der Waals surface area contributed by atoms with Crippen LogP contribution < -0.4 is 40.0 Å². The molecule has 31 heavy (non-hydrogen) atoms. The first-order valence-electron chi connectivity index (χ1n) is 9.57. The number of hydrogen-bond acceptors (Lipinski definition) is 6. The first kappa shape index (κ1) is 27.0. The fourth-order valence-corrected chi connectivity index (χ4v) is 2.86. The fourth-order valence-electron chi connectivity index (χ4n) is 2.73. The third-order valence-electron chi connectivity index (χ3n) is 4.27. The van der Waals surface area contributed by atoms with Gasteiger partial charge in [0.25, 0.3) is 0 Å². The van der Waals surface area contributed by atoms with E-state index in [1.165, 1.54) is 0 Å². The van der Waals surface area contributed by atoms with Crippen LogP contribution in [0.25, 0.3) is 0 Å². The van der Waals surface area contributed by atoms with Gasteiger partial charge in [0, 0.05) is 29.9 Å². The van der Waals surface area contributed by atoms with E-state index in [2.05, 4.69) is 5.32 Å². The summed E-state index contributed by atoms with van der Waals surface area (Å²) in [6.07, 6.45) is -0.790. The molecule has 0 aliphatic heterocycles. The molecule has 1 N–H and O–H groups in total. The van der Waals surface area contributed by atoms with Crippen molar-refractivity contribution in [3.8, 4) is 0 Å². The molecule has 2 rings (SSSR count). The Morgan fingerprint density at radius 3 is 2.23 bits per heavy atom. The van der Waals surface area contributed by atoms with Crippen LogP contribution in [0, 0.1) is 0 Å². The van der Waals surface area contributed by atoms with Crippen LogP contribution in [0.1, 0.15) is 48.0 Å². The van der Waals surface area contributed by atoms with E-state index in [0.29, 0.717) is 29.0 Å². The summed E-state index contributed by atoms with van der Waals surface area (Å²) in [5.74, 6) is -2.76. The van der Waals surface area contributed by atoms with E-state index >= 15 is 0 Å². The molecule has 0 fully saturated rings. The standard InChI is InChI=1S/C22H24ClNO6.Na/c1-2-6-19(29-21(27)16-7-4-3-5-8-16)30-22(28)24-14-13-18(20(25)26)15-9-11-17(23)12-10-15;/h3-5,7-12,18-19H,2,6,13-14H2,1H3,(H,24,28)(H,25,26);/q;+1/p-1. The maximum absolute atomic E-state index is 12.2. The van der Waals surface area contributed by atoms with Crippen molar-refractivity contribution in [2.75, 3.05) is 6.54 Å². The number of amides is 1. The van der Waals surface area contributed by atoms with E-state index in [9.17, 15) is 19.5 Å². The van der Waals surface area contributed by atoms with Crippen molar-refractivity contribution in [1.29, 1.82) is 0 Å². The minimum absolute atomic E-state index is 0. The van der Waals surface area contributed by atoms with Gasteiger partial charge in [0.05, 0.1) is 5.56 Å². The summed E-state index contributed by atoms with van der Waals surface area (Å²) in [7, 11) is 0. The van der Waals surface area contributed by atoms with Crippen LogP contribution in [0.3, 0.4) is 0 Å². The van der Waals surface area contributed by atoms with Crippen LogP contribution in [0.4, 0.5) is 4.79 Å². The molecule has 0 saturated carbocycles. The zero-order chi connectivity index (χ0) is 21.9. The third kappa shape index (κ3) is 9.31. The summed E-state index contributed by atoms with van der Waals surface area (Å²) in [6, 6.07) is 14.7. The van der Waals surface area contributed by atoms with Crippen LogP contribution in [-0.4, -0.2) is 30.9 Å². The monoisotopic (exact) mass is 455 g/mol. The number of carboxylic acids is 1. The smallest absolute Gasteiger partial charge is 0.549 e. The Hall–Kier alpha value is -2.06. The van der Waals surface area contributed by atoms with Crippen LogP contribution >= 0.6 is 11.6 Å². The Bertz CT molecular complexity index is 847. The van der Waals surface area contributed by atoms with Gasteiger partial charge in [-0.15, -0.1) is 0 Å². The molecule has 9 heteroatoms. The second kappa shape index (κ2) is 14.1. The quantitative estimate of drug-likeness (QED) is 0.313. The van der Waals surface area contributed by atoms with Crippen molar-refractivity contribution in [3.05, 3.63) is 70.7 Å². The fraction of sp³-hybridized carbons (Fsp3) is 0.318. The molecule has 7 nitrogen and oxygen atoms in total. The van der Waals surface area contributed by atoms with Gasteiger partial charge in [-0.2, -0.15) is 0 Å². The molecule has 0 bridgehead atoms. The van der Waals surface area contributed by atoms with Crippen molar-refractivity contribution in [2.24, 2.45) is 0 Å². The van der Waals surface area contributed by atoms with Crippen LogP contribution in [0.2, 0.25) is 5.02 Å². The number of nitrogens with one attached hydrogen (secondary N) is 1. The van der Waals surface area contributed by atoms with Gasteiger partial charge in [0.2, 0.25) is 6.29 Å². The zero-order valence-electron chi connectivity index (χ0n) is 17.5. The molecule has 1 amide bonds. The second-order valence-electron chi connectivity index (χ2n) is 6.53. The first-order chi connectivity index (χ1) is 14.4. The minimum atomic E-state index is -1.26. The van der Waals surface area contributed by atoms with Gasteiger partial charge in [-0.3, -0.25) is 0 Å². The number of carboxylic acid groups (broad SMARTS) is 1. The molecule has 0 aliphatic carbocycles. The van der Waals surface area contributed by atoms with Gasteiger partial charge in [0.1, 0.15) is 0 Å². The maximum atomic E-state index is 12.2. The molecular weight excluding hydrogens is 433 g/mol. The summed E-state index contributed by atoms with van der Waals surface area (Å²) in [5, 5.41) is 14.4. The molecule has 0 saturated heterocycles. The number of alkyl carbamates (subject to hydrolysis) is 1. The topological polar surface area (TPSA) is 105 Å². The number of rotatable bonds is 10. The Morgan fingerprint density at radius 1 is 1.00 bits per heavy atom. The van der Waals surface area contributed by atoms with E-state index in [-0.39, 0.29) is 42.5 Å². The molecule has 0 aliphatic rings. The van der Waals surface area contributed by atoms with Crippen molar-refractivity contribution in [2.45, 2.75) is 38.4 Å². The molecule has 0 spiro atoms. The SMILES string of the molecule is CCCC(OC(=O)NCCC(C(=O)[O-])c1ccc(Cl)cc1)OC(=O)c1ccccc1.[Na+]. The number of benzene rings is 2. The first-order valence-corrected chi connectivity index (χ1v) is 9.95. The largest absolute Gasteiger partial charge is 1.00 e. The van der Waals surface area contributed by atoms with Crippen molar-refractivity contribution >= 4 is 29.6 Å². The molecule has 160 valence electrons. The predicted octanol–water partition coefficient (Wildman–Crippen LogP) is 0.277. The summed E-state index contributed by atoms with van der Waals surface area (Å²) in [6.45, 7) is 1.90. The molecule has 0 radical (unpaired) electrons. The molecule has 2 unspecified atom stereocenters. The molecule has 0 aromatic heterocycles. The van der Waals surface area contributed by atoms with E-state index in [4.69, 9.17) is 21.1 Å². The van der Waals surface area contributed by atoms with Crippen molar-refractivity contribution < 1.29 is 58.5 Å². The van der Waals surface area contributed by atoms with Crippen molar-refractivity contribution in [3.63, 3.8) is 0 Å². The van der Waals surface area contributed by atoms with Gasteiger partial charge in [-0.05, 0) is 42.7 Å². The maximum Gasteiger partial charge on any atom is 1.00 e. The van der Waals surface area contributed by atoms with Crippen LogP contribution in [0.5, 0.6) is 0 Å². The summed E-state index contributed by atoms with van der Waals surface area (Å²) in [4.78, 5) is 35.7. The second-order valence-corrected chi connectivity index (χ2v) is 6.97. The Labute approximate surface area is 208 Å². The Balaban J connectivity index is 0.00000480. The van der Waals surface area contributed by atoms with Gasteiger partial charge >= 0.3 is 41.6 Å². The van der Waals surface area contributed by atoms with Crippen molar-refractivity contribution in [1.82, 2.24) is 5.32 Å². The number of halogens is 1. The number of hydrogen-bond donors (Lipinski definition) is 1. The summed E-state index contributed by atoms with van der Waals surface area (Å²) in [5.41, 5.74) is 0.873. The van der Waals surface area contributed by atoms with E-state index < -0.39 is 30.2 Å². The third-order valence-corrected chi connectivity index (χ3v) is 4.52. The average molecular weight is 456 g/mol. The molecule has 2 atom stereocenters.